The first-order valence-corrected chi connectivity index (χ1v) is 5.05. The molecule has 0 saturated carbocycles. The molecule has 7 heteroatoms. The van der Waals surface area contributed by atoms with Gasteiger partial charge in [-0.05, 0) is 0 Å². The van der Waals surface area contributed by atoms with Gasteiger partial charge in [-0.1, -0.05) is 0 Å². The molecule has 1 atom stereocenters. The molecule has 0 amide bonds. The minimum absolute atomic E-state index is 0.290. The lowest BCUT2D eigenvalue weighted by Crippen LogP contribution is -2.03. The van der Waals surface area contributed by atoms with E-state index in [0.717, 1.165) is 19.6 Å². The SMILES string of the molecule is COC(=O)c1c(O)c(O)c[s+]1C(=O)OC. The zero-order valence-corrected chi connectivity index (χ0v) is 8.83. The molecule has 0 aliphatic rings. The van der Waals surface area contributed by atoms with Crippen molar-refractivity contribution in [3.05, 3.63) is 10.3 Å². The summed E-state index contributed by atoms with van der Waals surface area (Å²) in [5.74, 6) is -2.04. The summed E-state index contributed by atoms with van der Waals surface area (Å²) >= 11 is 0. The van der Waals surface area contributed by atoms with Crippen LogP contribution < -0.4 is 0 Å². The van der Waals surface area contributed by atoms with Crippen molar-refractivity contribution in [2.45, 2.75) is 0 Å². The standard InChI is InChI=1S/C8H8O6S/c1-13-7(11)6-5(10)4(9)3-15(6)8(12)14-2/h3H,1-2H3,(H-,9,10,11)/p+1. The highest BCUT2D eigenvalue weighted by molar-refractivity contribution is 7.51. The molecule has 1 aromatic heterocycles. The fourth-order valence-electron chi connectivity index (χ4n) is 0.947. The molecule has 0 saturated heterocycles. The predicted molar refractivity (Wildman–Crippen MR) is 51.4 cm³/mol. The molecule has 0 fully saturated rings. The summed E-state index contributed by atoms with van der Waals surface area (Å²) in [6, 6.07) is 0. The van der Waals surface area contributed by atoms with Gasteiger partial charge in [0.1, 0.15) is 10.5 Å². The molecule has 0 aliphatic heterocycles. The molecule has 15 heavy (non-hydrogen) atoms. The number of esters is 1. The van der Waals surface area contributed by atoms with Crippen LogP contribution >= 0.6 is 10.5 Å². The van der Waals surface area contributed by atoms with Crippen molar-refractivity contribution < 1.29 is 29.3 Å². The second-order valence-corrected chi connectivity index (χ2v) is 4.12. The molecule has 82 valence electrons. The number of hydrogen-bond donors (Lipinski definition) is 2. The van der Waals surface area contributed by atoms with E-state index < -0.39 is 33.2 Å². The van der Waals surface area contributed by atoms with E-state index in [-0.39, 0.29) is 4.88 Å². The largest absolute Gasteiger partial charge is 0.555 e. The van der Waals surface area contributed by atoms with Crippen LogP contribution in [-0.4, -0.2) is 35.7 Å². The molecule has 1 unspecified atom stereocenters. The minimum Gasteiger partial charge on any atom is -0.501 e. The molecule has 0 radical (unpaired) electrons. The summed E-state index contributed by atoms with van der Waals surface area (Å²) in [5.41, 5.74) is 0. The van der Waals surface area contributed by atoms with E-state index in [9.17, 15) is 19.8 Å². The highest BCUT2D eigenvalue weighted by atomic mass is 32.2. The van der Waals surface area contributed by atoms with Crippen molar-refractivity contribution in [3.8, 4) is 11.5 Å². The van der Waals surface area contributed by atoms with Crippen LogP contribution in [0.5, 0.6) is 11.5 Å². The molecule has 1 heterocycles. The van der Waals surface area contributed by atoms with E-state index in [0.29, 0.717) is 0 Å². The Morgan fingerprint density at radius 2 is 1.87 bits per heavy atom. The number of thiophene rings is 1. The molecular formula is C8H9O6S+. The first-order valence-electron chi connectivity index (χ1n) is 3.76. The molecular weight excluding hydrogens is 224 g/mol. The second-order valence-electron chi connectivity index (χ2n) is 2.46. The van der Waals surface area contributed by atoms with Gasteiger partial charge < -0.3 is 19.7 Å². The minimum atomic E-state index is -1.42. The van der Waals surface area contributed by atoms with Crippen LogP contribution in [0.2, 0.25) is 0 Å². The lowest BCUT2D eigenvalue weighted by molar-refractivity contribution is 0.0602. The van der Waals surface area contributed by atoms with Crippen molar-refractivity contribution in [1.82, 2.24) is 0 Å². The lowest BCUT2D eigenvalue weighted by atomic mass is 10.4. The third kappa shape index (κ3) is 1.86. The number of carbonyl (C=O) groups excluding carboxylic acids is 2. The van der Waals surface area contributed by atoms with Gasteiger partial charge in [0.25, 0.3) is 0 Å². The molecule has 0 bridgehead atoms. The Labute approximate surface area is 87.6 Å². The van der Waals surface area contributed by atoms with Crippen LogP contribution in [0.15, 0.2) is 5.38 Å². The second kappa shape index (κ2) is 4.18. The Kier molecular flexibility index (Phi) is 3.15. The Hall–Kier alpha value is -1.76. The number of aromatic hydroxyl groups is 2. The maximum atomic E-state index is 11.2. The molecule has 1 aromatic rings. The molecule has 1 rings (SSSR count). The third-order valence-electron chi connectivity index (χ3n) is 1.62. The molecule has 2 N–H and O–H groups in total. The van der Waals surface area contributed by atoms with Crippen molar-refractivity contribution >= 4 is 21.7 Å². The van der Waals surface area contributed by atoms with E-state index >= 15 is 0 Å². The van der Waals surface area contributed by atoms with Crippen LogP contribution in [0.1, 0.15) is 9.67 Å². The van der Waals surface area contributed by atoms with Crippen LogP contribution in [-0.2, 0) is 9.47 Å². The number of carbonyl (C=O) groups is 2. The van der Waals surface area contributed by atoms with Gasteiger partial charge in [0.2, 0.25) is 11.5 Å². The van der Waals surface area contributed by atoms with Gasteiger partial charge in [0.15, 0.2) is 5.38 Å². The van der Waals surface area contributed by atoms with Gasteiger partial charge in [-0.25, -0.2) is 4.79 Å². The fourth-order valence-corrected chi connectivity index (χ4v) is 2.42. The summed E-state index contributed by atoms with van der Waals surface area (Å²) in [6.07, 6.45) is 0. The van der Waals surface area contributed by atoms with Crippen LogP contribution in [0, 0.1) is 0 Å². The predicted octanol–water partition coefficient (Wildman–Crippen LogP) is 1.25. The van der Waals surface area contributed by atoms with E-state index in [1.54, 1.807) is 0 Å². The average molecular weight is 233 g/mol. The molecule has 0 aliphatic carbocycles. The van der Waals surface area contributed by atoms with Crippen molar-refractivity contribution in [2.75, 3.05) is 14.2 Å². The Morgan fingerprint density at radius 3 is 2.33 bits per heavy atom. The Bertz CT molecular complexity index is 408. The first kappa shape index (κ1) is 11.3. The zero-order chi connectivity index (χ0) is 11.6. The van der Waals surface area contributed by atoms with Crippen molar-refractivity contribution in [2.24, 2.45) is 0 Å². The summed E-state index contributed by atoms with van der Waals surface area (Å²) in [6.45, 7) is 0. The van der Waals surface area contributed by atoms with Crippen LogP contribution in [0.3, 0.4) is 0 Å². The summed E-state index contributed by atoms with van der Waals surface area (Å²) in [7, 11) is 0.833. The maximum absolute atomic E-state index is 11.2. The van der Waals surface area contributed by atoms with E-state index in [2.05, 4.69) is 9.47 Å². The highest BCUT2D eigenvalue weighted by Gasteiger charge is 2.38. The quantitative estimate of drug-likeness (QED) is 0.589. The highest BCUT2D eigenvalue weighted by Crippen LogP contribution is 2.43. The van der Waals surface area contributed by atoms with E-state index in [4.69, 9.17) is 0 Å². The number of ether oxygens (including phenoxy) is 2. The van der Waals surface area contributed by atoms with E-state index in [1.165, 1.54) is 0 Å². The van der Waals surface area contributed by atoms with Crippen LogP contribution in [0.25, 0.3) is 0 Å². The normalized spacial score (nSPS) is 10.9. The van der Waals surface area contributed by atoms with Gasteiger partial charge in [-0.2, -0.15) is 4.79 Å². The smallest absolute Gasteiger partial charge is 0.501 e. The Morgan fingerprint density at radius 1 is 1.27 bits per heavy atom. The first-order chi connectivity index (χ1) is 7.02. The summed E-state index contributed by atoms with van der Waals surface area (Å²) < 4.78 is 8.80. The molecule has 6 nitrogen and oxygen atoms in total. The monoisotopic (exact) mass is 233 g/mol. The molecule has 0 aromatic carbocycles. The Balaban J connectivity index is 3.33. The summed E-state index contributed by atoms with van der Waals surface area (Å²) in [4.78, 5) is 22.1. The number of rotatable bonds is 2. The fraction of sp³-hybridized carbons (Fsp3) is 0.250. The summed E-state index contributed by atoms with van der Waals surface area (Å²) in [5, 5.41) is 18.8. The van der Waals surface area contributed by atoms with Gasteiger partial charge in [0.05, 0.1) is 14.2 Å². The average Bonchev–Trinajstić information content (AvgIpc) is 2.53. The van der Waals surface area contributed by atoms with Gasteiger partial charge in [-0.3, -0.25) is 0 Å². The van der Waals surface area contributed by atoms with Crippen molar-refractivity contribution in [3.63, 3.8) is 0 Å². The van der Waals surface area contributed by atoms with Gasteiger partial charge in [-0.15, -0.1) is 0 Å². The van der Waals surface area contributed by atoms with Crippen molar-refractivity contribution in [1.29, 1.82) is 0 Å². The molecule has 0 spiro atoms. The van der Waals surface area contributed by atoms with E-state index in [1.807, 2.05) is 0 Å². The van der Waals surface area contributed by atoms with Gasteiger partial charge >= 0.3 is 16.1 Å². The topological polar surface area (TPSA) is 93.1 Å². The van der Waals surface area contributed by atoms with Gasteiger partial charge in [0, 0.05) is 0 Å². The maximum Gasteiger partial charge on any atom is 0.555 e. The lowest BCUT2D eigenvalue weighted by Gasteiger charge is -1.93. The zero-order valence-electron chi connectivity index (χ0n) is 8.01. The number of methoxy groups -OCH3 is 2. The van der Waals surface area contributed by atoms with Crippen LogP contribution in [0.4, 0.5) is 4.79 Å². The third-order valence-corrected chi connectivity index (χ3v) is 3.41. The number of hydrogen-bond acceptors (Lipinski definition) is 6.